The molecule has 0 radical (unpaired) electrons. The summed E-state index contributed by atoms with van der Waals surface area (Å²) < 4.78 is 0. The Morgan fingerprint density at radius 1 is 1.42 bits per heavy atom. The lowest BCUT2D eigenvalue weighted by molar-refractivity contribution is 0.241. The fourth-order valence-corrected chi connectivity index (χ4v) is 1.82. The van der Waals surface area contributed by atoms with E-state index in [1.54, 1.807) is 0 Å². The average molecular weight is 170 g/mol. The molecule has 1 aliphatic rings. The van der Waals surface area contributed by atoms with Crippen molar-refractivity contribution in [2.45, 2.75) is 51.6 Å². The van der Waals surface area contributed by atoms with Crippen molar-refractivity contribution in [1.82, 2.24) is 10.6 Å². The monoisotopic (exact) mass is 170 g/mol. The highest BCUT2D eigenvalue weighted by molar-refractivity contribution is 4.89. The molecule has 0 spiro atoms. The van der Waals surface area contributed by atoms with Crippen LogP contribution in [0.15, 0.2) is 0 Å². The smallest absolute Gasteiger partial charge is 0.0179 e. The van der Waals surface area contributed by atoms with Gasteiger partial charge in [-0.25, -0.2) is 0 Å². The van der Waals surface area contributed by atoms with Crippen molar-refractivity contribution in [2.24, 2.45) is 0 Å². The van der Waals surface area contributed by atoms with E-state index >= 15 is 0 Å². The van der Waals surface area contributed by atoms with E-state index in [9.17, 15) is 0 Å². The predicted molar refractivity (Wildman–Crippen MR) is 53.4 cm³/mol. The molecular weight excluding hydrogens is 148 g/mol. The second-order valence-electron chi connectivity index (χ2n) is 4.26. The van der Waals surface area contributed by atoms with Crippen molar-refractivity contribution in [1.29, 1.82) is 0 Å². The number of piperidine rings is 1. The average Bonchev–Trinajstić information content (AvgIpc) is 2.05. The van der Waals surface area contributed by atoms with Crippen molar-refractivity contribution < 1.29 is 0 Å². The highest BCUT2D eigenvalue weighted by atomic mass is 15.0. The van der Waals surface area contributed by atoms with Crippen LogP contribution in [-0.4, -0.2) is 24.7 Å². The Labute approximate surface area is 76.1 Å². The molecule has 0 saturated carbocycles. The number of nitrogens with one attached hydrogen (secondary N) is 2. The van der Waals surface area contributed by atoms with Gasteiger partial charge in [0.1, 0.15) is 0 Å². The third-order valence-corrected chi connectivity index (χ3v) is 2.91. The topological polar surface area (TPSA) is 24.1 Å². The summed E-state index contributed by atoms with van der Waals surface area (Å²) in [5.41, 5.74) is 0.390. The zero-order valence-electron chi connectivity index (χ0n) is 8.61. The summed E-state index contributed by atoms with van der Waals surface area (Å²) in [5, 5.41) is 7.10. The Morgan fingerprint density at radius 2 is 2.00 bits per heavy atom. The van der Waals surface area contributed by atoms with Gasteiger partial charge in [-0.05, 0) is 46.2 Å². The largest absolute Gasteiger partial charge is 0.317 e. The molecule has 2 nitrogen and oxygen atoms in total. The number of hydrogen-bond acceptors (Lipinski definition) is 2. The van der Waals surface area contributed by atoms with Crippen LogP contribution in [0.2, 0.25) is 0 Å². The molecule has 0 aromatic carbocycles. The van der Waals surface area contributed by atoms with E-state index in [2.05, 4.69) is 31.4 Å². The molecule has 0 aromatic heterocycles. The number of hydrogen-bond donors (Lipinski definition) is 2. The van der Waals surface area contributed by atoms with Gasteiger partial charge in [0.25, 0.3) is 0 Å². The molecule has 1 rings (SSSR count). The minimum atomic E-state index is 0.390. The van der Waals surface area contributed by atoms with Gasteiger partial charge in [-0.1, -0.05) is 6.92 Å². The van der Waals surface area contributed by atoms with E-state index in [0.29, 0.717) is 11.6 Å². The molecule has 1 fully saturated rings. The maximum atomic E-state index is 3.70. The fraction of sp³-hybridized carbons (Fsp3) is 1.00. The van der Waals surface area contributed by atoms with E-state index in [1.165, 1.54) is 32.4 Å². The van der Waals surface area contributed by atoms with Gasteiger partial charge in [0, 0.05) is 11.6 Å². The second kappa shape index (κ2) is 4.24. The molecule has 2 N–H and O–H groups in total. The third kappa shape index (κ3) is 2.76. The summed E-state index contributed by atoms with van der Waals surface area (Å²) in [5.74, 6) is 0. The third-order valence-electron chi connectivity index (χ3n) is 2.91. The van der Waals surface area contributed by atoms with E-state index in [0.717, 1.165) is 0 Å². The lowest BCUT2D eigenvalue weighted by Crippen LogP contribution is -2.52. The van der Waals surface area contributed by atoms with Gasteiger partial charge in [0.15, 0.2) is 0 Å². The van der Waals surface area contributed by atoms with Gasteiger partial charge in [0.2, 0.25) is 0 Å². The number of rotatable bonds is 3. The summed E-state index contributed by atoms with van der Waals surface area (Å²) in [4.78, 5) is 0. The van der Waals surface area contributed by atoms with Gasteiger partial charge in [-0.15, -0.1) is 0 Å². The lowest BCUT2D eigenvalue weighted by Gasteiger charge is -2.37. The first kappa shape index (κ1) is 10.0. The van der Waals surface area contributed by atoms with Crippen molar-refractivity contribution in [3.8, 4) is 0 Å². The minimum absolute atomic E-state index is 0.390. The fourth-order valence-electron chi connectivity index (χ4n) is 1.82. The molecule has 1 unspecified atom stereocenters. The molecule has 1 aliphatic heterocycles. The Bertz CT molecular complexity index is 128. The Morgan fingerprint density at radius 3 is 2.50 bits per heavy atom. The van der Waals surface area contributed by atoms with Crippen LogP contribution in [0.5, 0.6) is 0 Å². The molecule has 0 aromatic rings. The molecule has 1 atom stereocenters. The maximum absolute atomic E-state index is 3.70. The van der Waals surface area contributed by atoms with Crippen LogP contribution < -0.4 is 10.6 Å². The van der Waals surface area contributed by atoms with Crippen LogP contribution in [0.25, 0.3) is 0 Å². The van der Waals surface area contributed by atoms with Gasteiger partial charge < -0.3 is 10.6 Å². The van der Waals surface area contributed by atoms with E-state index in [1.807, 2.05) is 0 Å². The van der Waals surface area contributed by atoms with Crippen molar-refractivity contribution >= 4 is 0 Å². The summed E-state index contributed by atoms with van der Waals surface area (Å²) in [7, 11) is 0. The molecule has 1 heterocycles. The summed E-state index contributed by atoms with van der Waals surface area (Å²) in [6.07, 6.45) is 3.75. The molecule has 12 heavy (non-hydrogen) atoms. The first-order valence-corrected chi connectivity index (χ1v) is 5.15. The zero-order chi connectivity index (χ0) is 9.03. The van der Waals surface area contributed by atoms with Gasteiger partial charge >= 0.3 is 0 Å². The van der Waals surface area contributed by atoms with Gasteiger partial charge in [0.05, 0.1) is 0 Å². The Balaban J connectivity index is 2.35. The molecule has 0 bridgehead atoms. The first-order chi connectivity index (χ1) is 5.66. The SMILES string of the molecule is CCC(C)NC1(C)CCNCC1. The second-order valence-corrected chi connectivity index (χ2v) is 4.26. The van der Waals surface area contributed by atoms with Crippen LogP contribution in [0.1, 0.15) is 40.0 Å². The molecule has 72 valence electrons. The standard InChI is InChI=1S/C10H22N2/c1-4-9(2)12-10(3)5-7-11-8-6-10/h9,11-12H,4-8H2,1-3H3. The molecular formula is C10H22N2. The Hall–Kier alpha value is -0.0800. The van der Waals surface area contributed by atoms with Crippen molar-refractivity contribution in [2.75, 3.05) is 13.1 Å². The van der Waals surface area contributed by atoms with E-state index < -0.39 is 0 Å². The first-order valence-electron chi connectivity index (χ1n) is 5.15. The molecule has 1 saturated heterocycles. The molecule has 0 amide bonds. The normalized spacial score (nSPS) is 25.2. The zero-order valence-corrected chi connectivity index (χ0v) is 8.61. The molecule has 0 aliphatic carbocycles. The quantitative estimate of drug-likeness (QED) is 0.671. The van der Waals surface area contributed by atoms with Crippen molar-refractivity contribution in [3.05, 3.63) is 0 Å². The highest BCUT2D eigenvalue weighted by Crippen LogP contribution is 2.18. The lowest BCUT2D eigenvalue weighted by atomic mass is 9.89. The maximum Gasteiger partial charge on any atom is 0.0179 e. The predicted octanol–water partition coefficient (Wildman–Crippen LogP) is 1.52. The van der Waals surface area contributed by atoms with Crippen LogP contribution in [-0.2, 0) is 0 Å². The van der Waals surface area contributed by atoms with Gasteiger partial charge in [-0.2, -0.15) is 0 Å². The summed E-state index contributed by atoms with van der Waals surface area (Å²) >= 11 is 0. The minimum Gasteiger partial charge on any atom is -0.317 e. The van der Waals surface area contributed by atoms with Crippen molar-refractivity contribution in [3.63, 3.8) is 0 Å². The van der Waals surface area contributed by atoms with Crippen LogP contribution in [0.4, 0.5) is 0 Å². The molecule has 2 heteroatoms. The van der Waals surface area contributed by atoms with Crippen LogP contribution in [0.3, 0.4) is 0 Å². The van der Waals surface area contributed by atoms with Crippen LogP contribution in [0, 0.1) is 0 Å². The Kier molecular flexibility index (Phi) is 3.53. The van der Waals surface area contributed by atoms with E-state index in [-0.39, 0.29) is 0 Å². The van der Waals surface area contributed by atoms with Gasteiger partial charge in [-0.3, -0.25) is 0 Å². The summed E-state index contributed by atoms with van der Waals surface area (Å²) in [6, 6.07) is 0.660. The highest BCUT2D eigenvalue weighted by Gasteiger charge is 2.26. The summed E-state index contributed by atoms with van der Waals surface area (Å²) in [6.45, 7) is 9.19. The van der Waals surface area contributed by atoms with Crippen LogP contribution >= 0.6 is 0 Å². The van der Waals surface area contributed by atoms with E-state index in [4.69, 9.17) is 0 Å².